The Morgan fingerprint density at radius 1 is 0.532 bits per heavy atom. The fraction of sp³-hybridized carbons (Fsp3) is 0.118. The first-order chi connectivity index (χ1) is 22.5. The van der Waals surface area contributed by atoms with Crippen molar-refractivity contribution in [2.45, 2.75) is 26.3 Å². The molecule has 0 saturated carbocycles. The van der Waals surface area contributed by atoms with E-state index in [2.05, 4.69) is 47.9 Å². The number of halogens is 6. The van der Waals surface area contributed by atoms with Crippen LogP contribution >= 0.6 is 22.7 Å². The Balaban J connectivity index is 1.25. The van der Waals surface area contributed by atoms with E-state index >= 15 is 0 Å². The molecule has 2 aromatic carbocycles. The molecule has 5 heterocycles. The van der Waals surface area contributed by atoms with E-state index in [0.717, 1.165) is 108 Å². The third kappa shape index (κ3) is 6.09. The van der Waals surface area contributed by atoms with Crippen LogP contribution in [0.3, 0.4) is 0 Å². The van der Waals surface area contributed by atoms with Gasteiger partial charge in [-0.15, -0.1) is 22.7 Å². The van der Waals surface area contributed by atoms with Crippen molar-refractivity contribution < 1.29 is 34.9 Å². The van der Waals surface area contributed by atoms with Crippen LogP contribution in [0.15, 0.2) is 110 Å². The Morgan fingerprint density at radius 2 is 0.915 bits per heavy atom. The molecule has 0 aliphatic heterocycles. The highest BCUT2D eigenvalue weighted by Gasteiger charge is 2.40. The molecule has 3 nitrogen and oxygen atoms in total. The monoisotopic (exact) mass is 677 g/mol. The van der Waals surface area contributed by atoms with Gasteiger partial charge in [-0.05, 0) is 66.1 Å². The molecule has 0 saturated heterocycles. The lowest BCUT2D eigenvalue weighted by molar-refractivity contribution is -0.576. The third-order valence-electron chi connectivity index (χ3n) is 8.33. The van der Waals surface area contributed by atoms with Gasteiger partial charge in [0.1, 0.15) is 24.8 Å². The molecule has 0 amide bonds. The van der Waals surface area contributed by atoms with Crippen molar-refractivity contribution in [2.75, 3.05) is 0 Å². The van der Waals surface area contributed by atoms with Gasteiger partial charge in [0.2, 0.25) is 0 Å². The molecule has 5 aromatic heterocycles. The standard InChI is InChI=1S/C34H27B2F6N3S2/c1-2-3-16-45-29-6-4-25(33-10-8-31(46-33)23-12-17-43(18-13-23)35(37,38)39)21-27(29)28-22-26(5-7-30(28)45)34-11-9-32(47-34)24-14-19-44(20-15-24)36(40,41)42/h4-15,17-22H,2-3,16H2,1H3. The van der Waals surface area contributed by atoms with Crippen LogP contribution in [-0.2, 0) is 6.54 Å². The molecule has 0 bridgehead atoms. The van der Waals surface area contributed by atoms with E-state index < -0.39 is 14.2 Å². The zero-order valence-corrected chi connectivity index (χ0v) is 26.7. The predicted molar refractivity (Wildman–Crippen MR) is 181 cm³/mol. The van der Waals surface area contributed by atoms with E-state index in [1.54, 1.807) is 0 Å². The number of benzene rings is 2. The molecule has 7 aromatic rings. The number of aromatic nitrogens is 3. The van der Waals surface area contributed by atoms with Crippen LogP contribution in [-0.4, -0.2) is 18.8 Å². The highest BCUT2D eigenvalue weighted by atomic mass is 32.1. The third-order valence-corrected chi connectivity index (χ3v) is 10.7. The quantitative estimate of drug-likeness (QED) is 0.107. The van der Waals surface area contributed by atoms with E-state index in [0.29, 0.717) is 8.96 Å². The lowest BCUT2D eigenvalue weighted by atomic mass is 10.1. The predicted octanol–water partition coefficient (Wildman–Crippen LogP) is 10.3. The maximum Gasteiger partial charge on any atom is 0.810 e. The average Bonchev–Trinajstić information content (AvgIpc) is 3.81. The van der Waals surface area contributed by atoms with Crippen molar-refractivity contribution >= 4 is 58.7 Å². The number of aryl methyl sites for hydroxylation is 1. The van der Waals surface area contributed by atoms with Crippen LogP contribution in [0.5, 0.6) is 0 Å². The molecule has 0 N–H and O–H groups in total. The Morgan fingerprint density at radius 3 is 1.28 bits per heavy atom. The minimum Gasteiger partial charge on any atom is -0.379 e. The van der Waals surface area contributed by atoms with Gasteiger partial charge in [0.05, 0.1) is 0 Å². The summed E-state index contributed by atoms with van der Waals surface area (Å²) in [5, 5.41) is 2.22. The van der Waals surface area contributed by atoms with Crippen LogP contribution in [0.4, 0.5) is 25.9 Å². The Hall–Kier alpha value is -4.35. The van der Waals surface area contributed by atoms with E-state index in [1.807, 2.05) is 24.3 Å². The molecule has 7 rings (SSSR count). The molecule has 0 radical (unpaired) electrons. The lowest BCUT2D eigenvalue weighted by Gasteiger charge is -2.08. The summed E-state index contributed by atoms with van der Waals surface area (Å²) in [6, 6.07) is 26.7. The number of hydrogen-bond donors (Lipinski definition) is 0. The van der Waals surface area contributed by atoms with Gasteiger partial charge in [0, 0.05) is 83.3 Å². The second-order valence-corrected chi connectivity index (χ2v) is 13.6. The van der Waals surface area contributed by atoms with Gasteiger partial charge >= 0.3 is 14.2 Å². The Labute approximate surface area is 275 Å². The summed E-state index contributed by atoms with van der Waals surface area (Å²) >= 11 is 3.07. The molecular weight excluding hydrogens is 650 g/mol. The summed E-state index contributed by atoms with van der Waals surface area (Å²) in [5.74, 6) is 0. The Bertz CT molecular complexity index is 2060. The minimum absolute atomic E-state index is 0.292. The number of thiophene rings is 2. The highest BCUT2D eigenvalue weighted by molar-refractivity contribution is 7.19. The number of fused-ring (bicyclic) bond motifs is 3. The van der Waals surface area contributed by atoms with Crippen LogP contribution in [0.1, 0.15) is 19.8 Å². The SMILES string of the molecule is CCCCn1c2ccc(-c3ccc(-c4cc[n+]([B-](F)(F)F)cc4)s3)cc2c2cc(-c3ccc(-c4cc[n+]([B-](F)(F)F)cc4)s3)ccc21. The maximum atomic E-state index is 13.1. The zero-order chi connectivity index (χ0) is 32.9. The van der Waals surface area contributed by atoms with E-state index in [-0.39, 0.29) is 0 Å². The lowest BCUT2D eigenvalue weighted by Crippen LogP contribution is -2.54. The fourth-order valence-electron chi connectivity index (χ4n) is 5.86. The number of pyridine rings is 2. The minimum atomic E-state index is -5.12. The van der Waals surface area contributed by atoms with Crippen molar-refractivity contribution in [3.8, 4) is 41.8 Å². The fourth-order valence-corrected chi connectivity index (χ4v) is 7.87. The zero-order valence-electron chi connectivity index (χ0n) is 25.1. The second-order valence-electron chi connectivity index (χ2n) is 11.4. The van der Waals surface area contributed by atoms with Crippen LogP contribution in [0, 0.1) is 0 Å². The molecule has 0 unspecified atom stereocenters. The van der Waals surface area contributed by atoms with Crippen molar-refractivity contribution in [3.63, 3.8) is 0 Å². The molecule has 238 valence electrons. The van der Waals surface area contributed by atoms with Gasteiger partial charge < -0.3 is 39.4 Å². The molecule has 0 spiro atoms. The normalized spacial score (nSPS) is 12.4. The maximum absolute atomic E-state index is 13.1. The van der Waals surface area contributed by atoms with Crippen molar-refractivity contribution in [1.82, 2.24) is 4.57 Å². The first kappa shape index (κ1) is 31.3. The summed E-state index contributed by atoms with van der Waals surface area (Å²) < 4.78 is 81.5. The highest BCUT2D eigenvalue weighted by Crippen LogP contribution is 2.40. The first-order valence-corrected chi connectivity index (χ1v) is 16.8. The van der Waals surface area contributed by atoms with Crippen LogP contribution in [0.2, 0.25) is 0 Å². The van der Waals surface area contributed by atoms with Gasteiger partial charge in [-0.2, -0.15) is 0 Å². The summed E-state index contributed by atoms with van der Waals surface area (Å²) in [7, 11) is -10.2. The van der Waals surface area contributed by atoms with E-state index in [9.17, 15) is 25.9 Å². The summed E-state index contributed by atoms with van der Waals surface area (Å²) in [5.41, 5.74) is 5.76. The molecule has 0 aliphatic carbocycles. The summed E-state index contributed by atoms with van der Waals surface area (Å²) in [6.45, 7) is 3.04. The number of unbranched alkanes of at least 4 members (excludes halogenated alkanes) is 1. The van der Waals surface area contributed by atoms with E-state index in [4.69, 9.17) is 0 Å². The number of rotatable bonds is 9. The van der Waals surface area contributed by atoms with Crippen molar-refractivity contribution in [2.24, 2.45) is 0 Å². The number of hydrogen-bond acceptors (Lipinski definition) is 2. The molecule has 0 aliphatic rings. The smallest absolute Gasteiger partial charge is 0.379 e. The largest absolute Gasteiger partial charge is 0.810 e. The molecule has 0 atom stereocenters. The second kappa shape index (κ2) is 12.0. The number of nitrogens with zero attached hydrogens (tertiary/aromatic N) is 3. The van der Waals surface area contributed by atoms with Gasteiger partial charge in [-0.25, -0.2) is 0 Å². The van der Waals surface area contributed by atoms with Gasteiger partial charge in [0.15, 0.2) is 0 Å². The van der Waals surface area contributed by atoms with Gasteiger partial charge in [-0.3, -0.25) is 0 Å². The topological polar surface area (TPSA) is 12.7 Å². The van der Waals surface area contributed by atoms with Gasteiger partial charge in [-0.1, -0.05) is 25.5 Å². The first-order valence-electron chi connectivity index (χ1n) is 15.2. The van der Waals surface area contributed by atoms with Crippen LogP contribution < -0.4 is 8.96 Å². The summed E-state index contributed by atoms with van der Waals surface area (Å²) in [6.07, 6.45) is 6.32. The van der Waals surface area contributed by atoms with Crippen molar-refractivity contribution in [1.29, 1.82) is 0 Å². The van der Waals surface area contributed by atoms with Crippen LogP contribution in [0.25, 0.3) is 63.6 Å². The Kier molecular flexibility index (Phi) is 8.00. The van der Waals surface area contributed by atoms with E-state index in [1.165, 1.54) is 46.9 Å². The van der Waals surface area contributed by atoms with Crippen molar-refractivity contribution in [3.05, 3.63) is 110 Å². The average molecular weight is 677 g/mol. The molecule has 0 fully saturated rings. The molecular formula is C34H27B2F6N3S2. The molecule has 47 heavy (non-hydrogen) atoms. The molecule has 13 heteroatoms. The van der Waals surface area contributed by atoms with Gasteiger partial charge in [0.25, 0.3) is 0 Å². The summed E-state index contributed by atoms with van der Waals surface area (Å²) in [4.78, 5) is 3.80.